The van der Waals surface area contributed by atoms with Gasteiger partial charge in [0.2, 0.25) is 11.5 Å². The predicted molar refractivity (Wildman–Crippen MR) is 126 cm³/mol. The molecule has 0 saturated carbocycles. The zero-order valence-corrected chi connectivity index (χ0v) is 19.2. The third-order valence-corrected chi connectivity index (χ3v) is 5.06. The molecule has 168 valence electrons. The molecule has 3 rings (SSSR count). The molecular weight excluding hydrogens is 408 g/mol. The van der Waals surface area contributed by atoms with Gasteiger partial charge in [-0.3, -0.25) is 0 Å². The van der Waals surface area contributed by atoms with E-state index < -0.39 is 0 Å². The van der Waals surface area contributed by atoms with Crippen LogP contribution in [-0.2, 0) is 0 Å². The number of hydrogen-bond acceptors (Lipinski definition) is 6. The van der Waals surface area contributed by atoms with Gasteiger partial charge >= 0.3 is 0 Å². The van der Waals surface area contributed by atoms with Crippen molar-refractivity contribution in [2.75, 3.05) is 42.7 Å². The topological polar surface area (TPSA) is 55.4 Å². The zero-order valence-electron chi connectivity index (χ0n) is 19.2. The Bertz CT molecular complexity index is 1040. The Hall–Kier alpha value is -3.80. The van der Waals surface area contributed by atoms with Crippen LogP contribution in [0.15, 0.2) is 54.6 Å². The molecule has 6 heteroatoms. The van der Waals surface area contributed by atoms with Gasteiger partial charge in [0.05, 0.1) is 42.7 Å². The Morgan fingerprint density at radius 1 is 0.531 bits per heavy atom. The van der Waals surface area contributed by atoms with Crippen molar-refractivity contribution in [1.82, 2.24) is 0 Å². The maximum Gasteiger partial charge on any atom is 0.203 e. The summed E-state index contributed by atoms with van der Waals surface area (Å²) in [6.07, 6.45) is 2.06. The lowest BCUT2D eigenvalue weighted by atomic mass is 9.94. The van der Waals surface area contributed by atoms with E-state index >= 15 is 0 Å². The average molecular weight is 437 g/mol. The van der Waals surface area contributed by atoms with E-state index in [4.69, 9.17) is 28.4 Å². The first-order valence-electron chi connectivity index (χ1n) is 9.97. The van der Waals surface area contributed by atoms with E-state index in [0.717, 1.165) is 22.3 Å². The molecule has 0 aliphatic rings. The summed E-state index contributed by atoms with van der Waals surface area (Å²) in [6, 6.07) is 17.7. The average Bonchev–Trinajstić information content (AvgIpc) is 2.85. The highest BCUT2D eigenvalue weighted by atomic mass is 16.5. The fraction of sp³-hybridized carbons (Fsp3) is 0.231. The summed E-state index contributed by atoms with van der Waals surface area (Å²) in [5.74, 6) is 3.40. The van der Waals surface area contributed by atoms with E-state index in [0.29, 0.717) is 34.5 Å². The van der Waals surface area contributed by atoms with Gasteiger partial charge in [-0.25, -0.2) is 0 Å². The third kappa shape index (κ3) is 4.59. The molecule has 6 nitrogen and oxygen atoms in total. The number of rotatable bonds is 9. The Kier molecular flexibility index (Phi) is 7.49. The fourth-order valence-corrected chi connectivity index (χ4v) is 3.54. The van der Waals surface area contributed by atoms with Gasteiger partial charge in [-0.05, 0) is 52.6 Å². The fourth-order valence-electron chi connectivity index (χ4n) is 3.54. The van der Waals surface area contributed by atoms with Crippen LogP contribution >= 0.6 is 0 Å². The van der Waals surface area contributed by atoms with Crippen LogP contribution in [0.25, 0.3) is 11.6 Å². The van der Waals surface area contributed by atoms with Crippen molar-refractivity contribution in [3.8, 4) is 34.5 Å². The molecule has 0 aliphatic heterocycles. The zero-order chi connectivity index (χ0) is 23.1. The first kappa shape index (κ1) is 22.9. The minimum atomic E-state index is 0.541. The van der Waals surface area contributed by atoms with Crippen LogP contribution < -0.4 is 28.4 Å². The molecule has 0 bridgehead atoms. The molecule has 3 aromatic carbocycles. The molecule has 0 fully saturated rings. The van der Waals surface area contributed by atoms with Crippen molar-refractivity contribution < 1.29 is 28.4 Å². The monoisotopic (exact) mass is 436 g/mol. The predicted octanol–water partition coefficient (Wildman–Crippen LogP) is 5.33. The molecule has 0 aliphatic carbocycles. The summed E-state index contributed by atoms with van der Waals surface area (Å²) in [6.45, 7) is 0. The van der Waals surface area contributed by atoms with Gasteiger partial charge < -0.3 is 28.4 Å². The molecule has 0 unspecified atom stereocenters. The molecule has 0 saturated heterocycles. The number of ether oxygens (including phenoxy) is 6. The summed E-state index contributed by atoms with van der Waals surface area (Å²) in [4.78, 5) is 0. The maximum absolute atomic E-state index is 5.57. The Labute approximate surface area is 188 Å². The molecule has 0 amide bonds. The van der Waals surface area contributed by atoms with Crippen molar-refractivity contribution in [2.45, 2.75) is 0 Å². The summed E-state index contributed by atoms with van der Waals surface area (Å²) < 4.78 is 33.1. The van der Waals surface area contributed by atoms with Gasteiger partial charge in [0.15, 0.2) is 23.0 Å². The first-order chi connectivity index (χ1) is 15.6. The minimum Gasteiger partial charge on any atom is -0.493 e. The van der Waals surface area contributed by atoms with E-state index in [9.17, 15) is 0 Å². The lowest BCUT2D eigenvalue weighted by molar-refractivity contribution is 0.324. The first-order valence-corrected chi connectivity index (χ1v) is 9.97. The molecule has 32 heavy (non-hydrogen) atoms. The third-order valence-electron chi connectivity index (χ3n) is 5.06. The van der Waals surface area contributed by atoms with E-state index in [1.807, 2.05) is 54.6 Å². The van der Waals surface area contributed by atoms with Crippen molar-refractivity contribution in [3.05, 3.63) is 71.3 Å². The Balaban J connectivity index is 2.27. The van der Waals surface area contributed by atoms with Gasteiger partial charge in [0.25, 0.3) is 0 Å². The second-order valence-electron chi connectivity index (χ2n) is 6.80. The molecule has 0 radical (unpaired) electrons. The second-order valence-corrected chi connectivity index (χ2v) is 6.80. The highest BCUT2D eigenvalue weighted by Crippen LogP contribution is 2.43. The smallest absolute Gasteiger partial charge is 0.203 e. The SMILES string of the molecule is COc1cc(/C=C(/c2ccccc2)c2cc(OC)c(OC)c(OC)c2)cc(OC)c1OC. The highest BCUT2D eigenvalue weighted by molar-refractivity contribution is 5.93. The highest BCUT2D eigenvalue weighted by Gasteiger charge is 2.18. The van der Waals surface area contributed by atoms with Gasteiger partial charge in [0.1, 0.15) is 0 Å². The lowest BCUT2D eigenvalue weighted by Crippen LogP contribution is -1.98. The molecule has 0 heterocycles. The summed E-state index contributed by atoms with van der Waals surface area (Å²) in [5, 5.41) is 0. The summed E-state index contributed by atoms with van der Waals surface area (Å²) >= 11 is 0. The van der Waals surface area contributed by atoms with E-state index in [1.54, 1.807) is 42.7 Å². The molecule has 0 aromatic heterocycles. The Morgan fingerprint density at radius 2 is 0.969 bits per heavy atom. The summed E-state index contributed by atoms with van der Waals surface area (Å²) in [5.41, 5.74) is 3.77. The normalized spacial score (nSPS) is 11.0. The standard InChI is InChI=1S/C26H28O6/c1-27-21-13-17(14-22(28-2)25(21)31-5)12-20(18-10-8-7-9-11-18)19-15-23(29-3)26(32-6)24(16-19)30-4/h7-16H,1-6H3/b20-12-. The van der Waals surface area contributed by atoms with Crippen LogP contribution in [0.2, 0.25) is 0 Å². The van der Waals surface area contributed by atoms with Crippen LogP contribution in [0.4, 0.5) is 0 Å². The van der Waals surface area contributed by atoms with Gasteiger partial charge in [-0.2, -0.15) is 0 Å². The van der Waals surface area contributed by atoms with Crippen LogP contribution in [0.1, 0.15) is 16.7 Å². The minimum absolute atomic E-state index is 0.541. The van der Waals surface area contributed by atoms with E-state index in [1.165, 1.54) is 0 Å². The second kappa shape index (κ2) is 10.5. The van der Waals surface area contributed by atoms with E-state index in [2.05, 4.69) is 6.08 Å². The van der Waals surface area contributed by atoms with Crippen molar-refractivity contribution in [2.24, 2.45) is 0 Å². The van der Waals surface area contributed by atoms with Crippen LogP contribution in [0.3, 0.4) is 0 Å². The molecule has 0 N–H and O–H groups in total. The van der Waals surface area contributed by atoms with Crippen LogP contribution in [0.5, 0.6) is 34.5 Å². The van der Waals surface area contributed by atoms with Gasteiger partial charge in [-0.15, -0.1) is 0 Å². The van der Waals surface area contributed by atoms with Crippen molar-refractivity contribution in [1.29, 1.82) is 0 Å². The largest absolute Gasteiger partial charge is 0.493 e. The number of benzene rings is 3. The molecular formula is C26H28O6. The number of methoxy groups -OCH3 is 6. The van der Waals surface area contributed by atoms with Gasteiger partial charge in [0, 0.05) is 0 Å². The van der Waals surface area contributed by atoms with Crippen LogP contribution in [0, 0.1) is 0 Å². The van der Waals surface area contributed by atoms with Crippen molar-refractivity contribution in [3.63, 3.8) is 0 Å². The van der Waals surface area contributed by atoms with Gasteiger partial charge in [-0.1, -0.05) is 30.3 Å². The lowest BCUT2D eigenvalue weighted by Gasteiger charge is -2.17. The maximum atomic E-state index is 5.57. The molecule has 0 spiro atoms. The van der Waals surface area contributed by atoms with E-state index in [-0.39, 0.29) is 0 Å². The molecule has 0 atom stereocenters. The van der Waals surface area contributed by atoms with Crippen LogP contribution in [-0.4, -0.2) is 42.7 Å². The molecule has 3 aromatic rings. The van der Waals surface area contributed by atoms with Crippen molar-refractivity contribution >= 4 is 11.6 Å². The summed E-state index contributed by atoms with van der Waals surface area (Å²) in [7, 11) is 9.58. The Morgan fingerprint density at radius 3 is 1.38 bits per heavy atom. The number of hydrogen-bond donors (Lipinski definition) is 0. The quantitative estimate of drug-likeness (QED) is 0.423.